The van der Waals surface area contributed by atoms with Crippen molar-refractivity contribution in [1.29, 1.82) is 0 Å². The Bertz CT molecular complexity index is 1250. The summed E-state index contributed by atoms with van der Waals surface area (Å²) in [6.07, 6.45) is 4.84. The zero-order valence-corrected chi connectivity index (χ0v) is 19.0. The lowest BCUT2D eigenvalue weighted by Gasteiger charge is -2.34. The van der Waals surface area contributed by atoms with Crippen molar-refractivity contribution in [3.8, 4) is 0 Å². The van der Waals surface area contributed by atoms with E-state index < -0.39 is 0 Å². The highest BCUT2D eigenvalue weighted by molar-refractivity contribution is 6.31. The van der Waals surface area contributed by atoms with E-state index in [0.717, 1.165) is 72.8 Å². The highest BCUT2D eigenvalue weighted by Crippen LogP contribution is 2.25. The largest absolute Gasteiger partial charge is 0.310 e. The molecule has 0 aliphatic carbocycles. The fraction of sp³-hybridized carbons (Fsp3) is 0.458. The molecule has 168 valence electrons. The Morgan fingerprint density at radius 2 is 1.88 bits per heavy atom. The van der Waals surface area contributed by atoms with Gasteiger partial charge < -0.3 is 10.2 Å². The number of nitrogens with one attached hydrogen (secondary N) is 1. The molecule has 0 saturated carbocycles. The molecule has 1 fully saturated rings. The molecule has 32 heavy (non-hydrogen) atoms. The molecule has 0 radical (unpaired) electrons. The van der Waals surface area contributed by atoms with Crippen LogP contribution in [0.15, 0.2) is 46.1 Å². The van der Waals surface area contributed by atoms with Crippen LogP contribution in [0.5, 0.6) is 0 Å². The van der Waals surface area contributed by atoms with Crippen LogP contribution in [0.4, 0.5) is 0 Å². The standard InChI is InChI=1S/C24H28ClN5O2/c1-2-21-20(25)11-16(13-27-21)12-26-18-7-9-28(10-8-18)14-19-15-29-22(31)5-3-17-4-6-23(32)30(19)24(17)29/h3-6,11,13,18-19,26H,2,7-10,12,14-15H2,1H3. The molecule has 5 heterocycles. The zero-order valence-electron chi connectivity index (χ0n) is 18.3. The predicted octanol–water partition coefficient (Wildman–Crippen LogP) is 2.58. The predicted molar refractivity (Wildman–Crippen MR) is 126 cm³/mol. The summed E-state index contributed by atoms with van der Waals surface area (Å²) in [5.41, 5.74) is 2.74. The third-order valence-electron chi connectivity index (χ3n) is 6.78. The second-order valence-electron chi connectivity index (χ2n) is 8.84. The van der Waals surface area contributed by atoms with Crippen LogP contribution in [0.2, 0.25) is 5.02 Å². The number of rotatable bonds is 6. The van der Waals surface area contributed by atoms with Crippen LogP contribution in [-0.2, 0) is 19.5 Å². The summed E-state index contributed by atoms with van der Waals surface area (Å²) in [5.74, 6) is 0. The van der Waals surface area contributed by atoms with Gasteiger partial charge in [0.1, 0.15) is 5.65 Å². The van der Waals surface area contributed by atoms with Gasteiger partial charge in [-0.3, -0.25) is 23.7 Å². The third kappa shape index (κ3) is 4.00. The summed E-state index contributed by atoms with van der Waals surface area (Å²) < 4.78 is 3.57. The van der Waals surface area contributed by atoms with Crippen LogP contribution < -0.4 is 16.4 Å². The van der Waals surface area contributed by atoms with E-state index in [-0.39, 0.29) is 17.2 Å². The van der Waals surface area contributed by atoms with E-state index in [9.17, 15) is 9.59 Å². The molecule has 2 aliphatic rings. The summed E-state index contributed by atoms with van der Waals surface area (Å²) in [6, 6.07) is 9.27. The number of nitrogens with zero attached hydrogens (tertiary/aromatic N) is 4. The van der Waals surface area contributed by atoms with E-state index in [1.54, 1.807) is 16.7 Å². The zero-order chi connectivity index (χ0) is 22.2. The van der Waals surface area contributed by atoms with Crippen molar-refractivity contribution in [2.75, 3.05) is 19.6 Å². The molecule has 1 unspecified atom stereocenters. The third-order valence-corrected chi connectivity index (χ3v) is 7.10. The molecular formula is C24H28ClN5O2. The van der Waals surface area contributed by atoms with Crippen LogP contribution in [0.25, 0.3) is 11.0 Å². The number of halogens is 1. The maximum absolute atomic E-state index is 12.6. The van der Waals surface area contributed by atoms with Gasteiger partial charge in [-0.15, -0.1) is 0 Å². The number of likely N-dealkylation sites (tertiary alicyclic amines) is 1. The molecule has 0 bridgehead atoms. The van der Waals surface area contributed by atoms with Crippen LogP contribution in [-0.4, -0.2) is 44.7 Å². The van der Waals surface area contributed by atoms with Gasteiger partial charge in [-0.1, -0.05) is 18.5 Å². The fourth-order valence-electron chi connectivity index (χ4n) is 5.03. The Kier molecular flexibility index (Phi) is 5.88. The van der Waals surface area contributed by atoms with Gasteiger partial charge in [-0.05, 0) is 56.1 Å². The molecule has 3 aromatic rings. The van der Waals surface area contributed by atoms with Gasteiger partial charge in [-0.2, -0.15) is 0 Å². The minimum absolute atomic E-state index is 0.00361. The van der Waals surface area contributed by atoms with E-state index in [0.29, 0.717) is 12.6 Å². The second-order valence-corrected chi connectivity index (χ2v) is 9.25. The average molecular weight is 454 g/mol. The molecular weight excluding hydrogens is 426 g/mol. The summed E-state index contributed by atoms with van der Waals surface area (Å²) >= 11 is 6.29. The Hall–Kier alpha value is -2.48. The lowest BCUT2D eigenvalue weighted by Crippen LogP contribution is -2.44. The maximum Gasteiger partial charge on any atom is 0.252 e. The van der Waals surface area contributed by atoms with Crippen molar-refractivity contribution >= 4 is 22.6 Å². The number of hydrogen-bond acceptors (Lipinski definition) is 5. The van der Waals surface area contributed by atoms with Gasteiger partial charge in [0.25, 0.3) is 11.1 Å². The first-order chi connectivity index (χ1) is 15.5. The molecule has 0 spiro atoms. The van der Waals surface area contributed by atoms with E-state index in [1.165, 1.54) is 0 Å². The van der Waals surface area contributed by atoms with Crippen LogP contribution >= 0.6 is 11.6 Å². The molecule has 1 atom stereocenters. The summed E-state index contributed by atoms with van der Waals surface area (Å²) in [7, 11) is 0. The molecule has 0 amide bonds. The lowest BCUT2D eigenvalue weighted by atomic mass is 10.0. The fourth-order valence-corrected chi connectivity index (χ4v) is 5.36. The van der Waals surface area contributed by atoms with Gasteiger partial charge >= 0.3 is 0 Å². The molecule has 3 aromatic heterocycles. The second kappa shape index (κ2) is 8.81. The first-order valence-corrected chi connectivity index (χ1v) is 11.8. The molecule has 0 aromatic carbocycles. The Balaban J connectivity index is 1.19. The molecule has 1 saturated heterocycles. The van der Waals surface area contributed by atoms with E-state index in [2.05, 4.69) is 22.1 Å². The Morgan fingerprint density at radius 1 is 1.12 bits per heavy atom. The van der Waals surface area contributed by atoms with Gasteiger partial charge in [-0.25, -0.2) is 0 Å². The van der Waals surface area contributed by atoms with Gasteiger partial charge in [0, 0.05) is 49.4 Å². The minimum Gasteiger partial charge on any atom is -0.310 e. The SMILES string of the molecule is CCc1ncc(CNC2CCN(CC3Cn4c(=O)ccc5ccc(=O)n3c54)CC2)cc1Cl. The highest BCUT2D eigenvalue weighted by Gasteiger charge is 2.29. The van der Waals surface area contributed by atoms with Crippen molar-refractivity contribution in [2.24, 2.45) is 0 Å². The number of piperidine rings is 1. The normalized spacial score (nSPS) is 19.1. The van der Waals surface area contributed by atoms with Crippen molar-refractivity contribution in [1.82, 2.24) is 24.3 Å². The van der Waals surface area contributed by atoms with Crippen LogP contribution in [0.1, 0.15) is 37.1 Å². The number of aromatic nitrogens is 3. The molecule has 2 aliphatic heterocycles. The number of hydrogen-bond donors (Lipinski definition) is 1. The van der Waals surface area contributed by atoms with E-state index in [1.807, 2.05) is 29.0 Å². The first-order valence-electron chi connectivity index (χ1n) is 11.4. The number of pyridine rings is 3. The monoisotopic (exact) mass is 453 g/mol. The summed E-state index contributed by atoms with van der Waals surface area (Å²) in [4.78, 5) is 31.8. The molecule has 8 heteroatoms. The summed E-state index contributed by atoms with van der Waals surface area (Å²) in [5, 5.41) is 5.32. The molecule has 1 N–H and O–H groups in total. The quantitative estimate of drug-likeness (QED) is 0.621. The molecule has 5 rings (SSSR count). The van der Waals surface area contributed by atoms with Crippen molar-refractivity contribution in [3.05, 3.63) is 73.5 Å². The Labute approximate surface area is 191 Å². The van der Waals surface area contributed by atoms with Crippen molar-refractivity contribution in [3.63, 3.8) is 0 Å². The van der Waals surface area contributed by atoms with Crippen molar-refractivity contribution in [2.45, 2.75) is 51.4 Å². The van der Waals surface area contributed by atoms with E-state index in [4.69, 9.17) is 11.6 Å². The average Bonchev–Trinajstić information content (AvgIpc) is 3.19. The summed E-state index contributed by atoms with van der Waals surface area (Å²) in [6.45, 7) is 6.11. The number of aryl methyl sites for hydroxylation is 1. The van der Waals surface area contributed by atoms with Gasteiger partial charge in [0.15, 0.2) is 0 Å². The first kappa shape index (κ1) is 21.4. The maximum atomic E-state index is 12.6. The Morgan fingerprint density at radius 3 is 2.59 bits per heavy atom. The lowest BCUT2D eigenvalue weighted by molar-refractivity contribution is 0.171. The van der Waals surface area contributed by atoms with E-state index >= 15 is 0 Å². The minimum atomic E-state index is -0.0381. The van der Waals surface area contributed by atoms with Crippen LogP contribution in [0.3, 0.4) is 0 Å². The van der Waals surface area contributed by atoms with Crippen molar-refractivity contribution < 1.29 is 0 Å². The topological polar surface area (TPSA) is 72.2 Å². The van der Waals surface area contributed by atoms with Crippen LogP contribution in [0, 0.1) is 0 Å². The smallest absolute Gasteiger partial charge is 0.252 e. The van der Waals surface area contributed by atoms with Gasteiger partial charge in [0.2, 0.25) is 0 Å². The van der Waals surface area contributed by atoms with Gasteiger partial charge in [0.05, 0.1) is 16.8 Å². The molecule has 7 nitrogen and oxygen atoms in total. The highest BCUT2D eigenvalue weighted by atomic mass is 35.5.